The first-order valence-corrected chi connectivity index (χ1v) is 10.1. The molecular weight excluding hydrogens is 388 g/mol. The van der Waals surface area contributed by atoms with Crippen molar-refractivity contribution in [3.8, 4) is 0 Å². The highest BCUT2D eigenvalue weighted by Gasteiger charge is 2.46. The number of amides is 1. The van der Waals surface area contributed by atoms with Crippen molar-refractivity contribution in [2.45, 2.75) is 13.0 Å². The molecule has 0 spiro atoms. The summed E-state index contributed by atoms with van der Waals surface area (Å²) in [5.41, 5.74) is 3.99. The van der Waals surface area contributed by atoms with Gasteiger partial charge in [-0.25, -0.2) is 0 Å². The zero-order chi connectivity index (χ0) is 22.1. The lowest BCUT2D eigenvalue weighted by atomic mass is 9.94. The summed E-state index contributed by atoms with van der Waals surface area (Å²) < 4.78 is 0. The number of hydrogen-bond donors (Lipinski definition) is 1. The monoisotopic (exact) mass is 412 g/mol. The molecule has 1 amide bonds. The molecule has 1 unspecified atom stereocenters. The maximum absolute atomic E-state index is 13.1. The van der Waals surface area contributed by atoms with E-state index < -0.39 is 17.7 Å². The van der Waals surface area contributed by atoms with E-state index in [-0.39, 0.29) is 11.3 Å². The van der Waals surface area contributed by atoms with Crippen LogP contribution in [0.3, 0.4) is 0 Å². The minimum atomic E-state index is -0.722. The summed E-state index contributed by atoms with van der Waals surface area (Å²) in [6.45, 7) is 1.95. The number of aryl methyl sites for hydroxylation is 1. The van der Waals surface area contributed by atoms with Gasteiger partial charge in [-0.2, -0.15) is 0 Å². The summed E-state index contributed by atoms with van der Waals surface area (Å²) in [6, 6.07) is 23.3. The second kappa shape index (κ2) is 8.11. The van der Waals surface area contributed by atoms with Crippen molar-refractivity contribution >= 4 is 28.8 Å². The van der Waals surface area contributed by atoms with Crippen LogP contribution in [0.15, 0.2) is 84.4 Å². The second-order valence-electron chi connectivity index (χ2n) is 7.86. The number of nitrogens with zero attached hydrogens (tertiary/aromatic N) is 2. The fraction of sp³-hybridized carbons (Fsp3) is 0.154. The topological polar surface area (TPSA) is 60.9 Å². The third-order valence-corrected chi connectivity index (χ3v) is 5.53. The highest BCUT2D eigenvalue weighted by molar-refractivity contribution is 6.51. The summed E-state index contributed by atoms with van der Waals surface area (Å²) in [4.78, 5) is 29.6. The number of carbonyl (C=O) groups excluding carboxylic acids is 2. The molecule has 0 radical (unpaired) electrons. The van der Waals surface area contributed by atoms with Crippen molar-refractivity contribution in [3.63, 3.8) is 0 Å². The van der Waals surface area contributed by atoms with E-state index in [1.54, 1.807) is 24.3 Å². The van der Waals surface area contributed by atoms with Crippen LogP contribution in [0.25, 0.3) is 5.76 Å². The van der Waals surface area contributed by atoms with E-state index in [2.05, 4.69) is 0 Å². The second-order valence-corrected chi connectivity index (χ2v) is 7.86. The number of hydrogen-bond acceptors (Lipinski definition) is 4. The van der Waals surface area contributed by atoms with Crippen molar-refractivity contribution in [1.29, 1.82) is 0 Å². The highest BCUT2D eigenvalue weighted by atomic mass is 16.3. The van der Waals surface area contributed by atoms with E-state index in [0.717, 1.165) is 16.8 Å². The number of para-hydroxylation sites is 1. The number of ketones is 1. The van der Waals surface area contributed by atoms with Gasteiger partial charge in [0.05, 0.1) is 11.6 Å². The first kappa shape index (κ1) is 20.4. The highest BCUT2D eigenvalue weighted by Crippen LogP contribution is 2.42. The third kappa shape index (κ3) is 3.70. The molecule has 0 bridgehead atoms. The Balaban J connectivity index is 1.91. The fourth-order valence-electron chi connectivity index (χ4n) is 3.82. The molecular formula is C26H24N2O3. The molecule has 4 rings (SSSR count). The Morgan fingerprint density at radius 2 is 1.48 bits per heavy atom. The van der Waals surface area contributed by atoms with Crippen molar-refractivity contribution in [2.24, 2.45) is 0 Å². The summed E-state index contributed by atoms with van der Waals surface area (Å²) in [5.74, 6) is -1.51. The lowest BCUT2D eigenvalue weighted by Crippen LogP contribution is -2.29. The first-order chi connectivity index (χ1) is 14.9. The zero-order valence-corrected chi connectivity index (χ0v) is 17.7. The van der Waals surface area contributed by atoms with Gasteiger partial charge in [0.15, 0.2) is 0 Å². The van der Waals surface area contributed by atoms with Crippen molar-refractivity contribution in [2.75, 3.05) is 23.9 Å². The van der Waals surface area contributed by atoms with Crippen LogP contribution in [-0.2, 0) is 9.59 Å². The van der Waals surface area contributed by atoms with E-state index in [9.17, 15) is 14.7 Å². The van der Waals surface area contributed by atoms with E-state index in [0.29, 0.717) is 11.3 Å². The van der Waals surface area contributed by atoms with Crippen LogP contribution in [0.2, 0.25) is 0 Å². The summed E-state index contributed by atoms with van der Waals surface area (Å²) in [5, 5.41) is 11.1. The molecule has 1 saturated heterocycles. The quantitative estimate of drug-likeness (QED) is 0.384. The molecule has 1 N–H and O–H groups in total. The Kier molecular flexibility index (Phi) is 5.34. The molecule has 1 heterocycles. The smallest absolute Gasteiger partial charge is 0.300 e. The Morgan fingerprint density at radius 3 is 2.06 bits per heavy atom. The van der Waals surface area contributed by atoms with Crippen LogP contribution in [-0.4, -0.2) is 30.9 Å². The number of rotatable bonds is 4. The SMILES string of the molecule is Cc1ccc(/C(O)=C2/C(=O)C(=O)N(c3ccccc3)C2c2ccc(N(C)C)cc2)cc1. The molecule has 1 aliphatic rings. The van der Waals surface area contributed by atoms with Gasteiger partial charge in [-0.15, -0.1) is 0 Å². The Hall–Kier alpha value is -3.86. The molecule has 5 heteroatoms. The molecule has 0 aliphatic carbocycles. The number of benzene rings is 3. The van der Waals surface area contributed by atoms with Gasteiger partial charge < -0.3 is 10.0 Å². The van der Waals surface area contributed by atoms with Crippen LogP contribution < -0.4 is 9.80 Å². The number of Topliss-reactive ketones (excluding diaryl/α,β-unsaturated/α-hetero) is 1. The van der Waals surface area contributed by atoms with Gasteiger partial charge in [0.2, 0.25) is 0 Å². The maximum atomic E-state index is 13.1. The molecule has 156 valence electrons. The van der Waals surface area contributed by atoms with Gasteiger partial charge in [0.25, 0.3) is 11.7 Å². The Labute approximate surface area is 181 Å². The van der Waals surface area contributed by atoms with Gasteiger partial charge in [-0.3, -0.25) is 14.5 Å². The van der Waals surface area contributed by atoms with E-state index >= 15 is 0 Å². The van der Waals surface area contributed by atoms with Crippen LogP contribution >= 0.6 is 0 Å². The zero-order valence-electron chi connectivity index (χ0n) is 17.7. The van der Waals surface area contributed by atoms with Gasteiger partial charge in [0, 0.05) is 31.0 Å². The van der Waals surface area contributed by atoms with E-state index in [1.165, 1.54) is 4.90 Å². The van der Waals surface area contributed by atoms with Gasteiger partial charge >= 0.3 is 0 Å². The van der Waals surface area contributed by atoms with Crippen LogP contribution in [0.1, 0.15) is 22.7 Å². The predicted octanol–water partition coefficient (Wildman–Crippen LogP) is 4.69. The maximum Gasteiger partial charge on any atom is 0.300 e. The summed E-state index contributed by atoms with van der Waals surface area (Å²) in [6.07, 6.45) is 0. The molecule has 3 aromatic carbocycles. The fourth-order valence-corrected chi connectivity index (χ4v) is 3.82. The molecule has 3 aromatic rings. The lowest BCUT2D eigenvalue weighted by Gasteiger charge is -2.26. The molecule has 31 heavy (non-hydrogen) atoms. The standard InChI is InChI=1S/C26H24N2O3/c1-17-9-11-19(12-10-17)24(29)22-23(18-13-15-20(16-14-18)27(2)3)28(26(31)25(22)30)21-7-5-4-6-8-21/h4-16,23,29H,1-3H3/b24-22-. The number of aliphatic hydroxyl groups excluding tert-OH is 1. The van der Waals surface area contributed by atoms with Crippen LogP contribution in [0.4, 0.5) is 11.4 Å². The molecule has 1 fully saturated rings. The molecule has 0 saturated carbocycles. The normalized spacial score (nSPS) is 17.8. The minimum absolute atomic E-state index is 0.0929. The van der Waals surface area contributed by atoms with E-state index in [4.69, 9.17) is 0 Å². The molecule has 1 atom stereocenters. The minimum Gasteiger partial charge on any atom is -0.507 e. The third-order valence-electron chi connectivity index (χ3n) is 5.53. The molecule has 0 aromatic heterocycles. The summed E-state index contributed by atoms with van der Waals surface area (Å²) >= 11 is 0. The van der Waals surface area contributed by atoms with Gasteiger partial charge in [-0.05, 0) is 36.8 Å². The van der Waals surface area contributed by atoms with Crippen molar-refractivity contribution < 1.29 is 14.7 Å². The largest absolute Gasteiger partial charge is 0.507 e. The van der Waals surface area contributed by atoms with Crippen molar-refractivity contribution in [3.05, 3.63) is 101 Å². The average molecular weight is 412 g/mol. The average Bonchev–Trinajstić information content (AvgIpc) is 3.05. The number of aliphatic hydroxyl groups is 1. The van der Waals surface area contributed by atoms with Crippen LogP contribution in [0, 0.1) is 6.92 Å². The molecule has 1 aliphatic heterocycles. The van der Waals surface area contributed by atoms with Gasteiger partial charge in [0.1, 0.15) is 5.76 Å². The Bertz CT molecular complexity index is 1150. The van der Waals surface area contributed by atoms with Crippen molar-refractivity contribution in [1.82, 2.24) is 0 Å². The lowest BCUT2D eigenvalue weighted by molar-refractivity contribution is -0.132. The predicted molar refractivity (Wildman–Crippen MR) is 123 cm³/mol. The van der Waals surface area contributed by atoms with Crippen LogP contribution in [0.5, 0.6) is 0 Å². The number of carbonyl (C=O) groups is 2. The van der Waals surface area contributed by atoms with Gasteiger partial charge in [-0.1, -0.05) is 60.2 Å². The Morgan fingerprint density at radius 1 is 0.871 bits per heavy atom. The summed E-state index contributed by atoms with van der Waals surface area (Å²) in [7, 11) is 3.89. The molecule has 5 nitrogen and oxygen atoms in total. The van der Waals surface area contributed by atoms with E-state index in [1.807, 2.05) is 80.5 Å². The first-order valence-electron chi connectivity index (χ1n) is 10.1. The number of anilines is 2.